The minimum absolute atomic E-state index is 0.00454. The first kappa shape index (κ1) is 13.0. The maximum atomic E-state index is 12.2. The lowest BCUT2D eigenvalue weighted by Crippen LogP contribution is -2.36. The topological polar surface area (TPSA) is 33.2 Å². The van der Waals surface area contributed by atoms with Crippen LogP contribution in [-0.4, -0.2) is 28.4 Å². The second kappa shape index (κ2) is 5.30. The molecule has 0 saturated heterocycles. The van der Waals surface area contributed by atoms with Gasteiger partial charge in [-0.25, -0.2) is 4.98 Å². The Morgan fingerprint density at radius 1 is 1.50 bits per heavy atom. The van der Waals surface area contributed by atoms with Crippen molar-refractivity contribution in [3.63, 3.8) is 0 Å². The quantitative estimate of drug-likeness (QED) is 0.762. The number of hydrogen-bond donors (Lipinski definition) is 0. The Morgan fingerprint density at radius 3 is 2.56 bits per heavy atom. The van der Waals surface area contributed by atoms with E-state index in [2.05, 4.69) is 4.98 Å². The molecule has 0 aliphatic rings. The molecule has 0 aliphatic heterocycles. The van der Waals surface area contributed by atoms with Crippen LogP contribution in [-0.2, 0) is 0 Å². The van der Waals surface area contributed by atoms with E-state index in [-0.39, 0.29) is 11.9 Å². The van der Waals surface area contributed by atoms with Gasteiger partial charge in [0.25, 0.3) is 5.91 Å². The minimum atomic E-state index is 0.00454. The predicted octanol–water partition coefficient (Wildman–Crippen LogP) is 2.91. The fourth-order valence-corrected chi connectivity index (χ4v) is 1.91. The van der Waals surface area contributed by atoms with Gasteiger partial charge in [-0.1, -0.05) is 11.6 Å². The number of amides is 1. The van der Waals surface area contributed by atoms with E-state index in [1.165, 1.54) is 0 Å². The van der Waals surface area contributed by atoms with Crippen LogP contribution in [0.2, 0.25) is 5.15 Å². The lowest BCUT2D eigenvalue weighted by molar-refractivity contribution is 0.0716. The van der Waals surface area contributed by atoms with Crippen LogP contribution in [0.25, 0.3) is 0 Å². The maximum Gasteiger partial charge on any atom is 0.254 e. The summed E-state index contributed by atoms with van der Waals surface area (Å²) in [6.45, 7) is 8.48. The van der Waals surface area contributed by atoms with Crippen molar-refractivity contribution in [2.45, 2.75) is 33.7 Å². The number of halogens is 1. The fraction of sp³-hybridized carbons (Fsp3) is 0.500. The summed E-state index contributed by atoms with van der Waals surface area (Å²) in [7, 11) is 0. The Bertz CT molecular complexity index is 370. The monoisotopic (exact) mass is 240 g/mol. The summed E-state index contributed by atoms with van der Waals surface area (Å²) in [6.07, 6.45) is 0. The van der Waals surface area contributed by atoms with Gasteiger partial charge in [-0.15, -0.1) is 0 Å². The first-order valence-corrected chi connectivity index (χ1v) is 5.78. The van der Waals surface area contributed by atoms with Gasteiger partial charge in [0.05, 0.1) is 0 Å². The SMILES string of the molecule is CCN(C(=O)c1cc(C)nc(Cl)c1)C(C)C. The molecule has 1 aromatic heterocycles. The molecule has 0 spiro atoms. The fourth-order valence-electron chi connectivity index (χ4n) is 1.66. The molecular formula is C12H17ClN2O. The third-order valence-electron chi connectivity index (χ3n) is 2.39. The molecule has 0 bridgehead atoms. The van der Waals surface area contributed by atoms with E-state index >= 15 is 0 Å². The van der Waals surface area contributed by atoms with Crippen molar-refractivity contribution in [2.24, 2.45) is 0 Å². The van der Waals surface area contributed by atoms with Crippen molar-refractivity contribution in [2.75, 3.05) is 6.54 Å². The standard InChI is InChI=1S/C12H17ClN2O/c1-5-15(8(2)3)12(16)10-6-9(4)14-11(13)7-10/h6-8H,5H2,1-4H3. The number of pyridine rings is 1. The number of carbonyl (C=O) groups excluding carboxylic acids is 1. The van der Waals surface area contributed by atoms with Crippen molar-refractivity contribution in [3.05, 3.63) is 28.5 Å². The third kappa shape index (κ3) is 2.95. The second-order valence-corrected chi connectivity index (χ2v) is 4.39. The number of rotatable bonds is 3. The van der Waals surface area contributed by atoms with Gasteiger partial charge in [0.2, 0.25) is 0 Å². The molecule has 3 nitrogen and oxygen atoms in total. The summed E-state index contributed by atoms with van der Waals surface area (Å²) in [4.78, 5) is 18.0. The van der Waals surface area contributed by atoms with E-state index < -0.39 is 0 Å². The zero-order valence-corrected chi connectivity index (χ0v) is 10.9. The predicted molar refractivity (Wildman–Crippen MR) is 65.8 cm³/mol. The normalized spacial score (nSPS) is 10.6. The zero-order chi connectivity index (χ0) is 12.3. The molecule has 0 radical (unpaired) electrons. The molecule has 0 atom stereocenters. The van der Waals surface area contributed by atoms with Crippen LogP contribution < -0.4 is 0 Å². The van der Waals surface area contributed by atoms with Crippen LogP contribution in [0.3, 0.4) is 0 Å². The first-order valence-electron chi connectivity index (χ1n) is 5.40. The van der Waals surface area contributed by atoms with Crippen LogP contribution in [0.5, 0.6) is 0 Å². The molecule has 0 aliphatic carbocycles. The van der Waals surface area contributed by atoms with Crippen molar-refractivity contribution in [1.82, 2.24) is 9.88 Å². The highest BCUT2D eigenvalue weighted by atomic mass is 35.5. The first-order chi connectivity index (χ1) is 7.45. The van der Waals surface area contributed by atoms with E-state index in [1.807, 2.05) is 27.7 Å². The molecule has 0 unspecified atom stereocenters. The summed E-state index contributed by atoms with van der Waals surface area (Å²) in [5.41, 5.74) is 1.36. The third-order valence-corrected chi connectivity index (χ3v) is 2.59. The molecule has 1 rings (SSSR count). The lowest BCUT2D eigenvalue weighted by atomic mass is 10.2. The largest absolute Gasteiger partial charge is 0.336 e. The Labute approximate surface area is 101 Å². The van der Waals surface area contributed by atoms with Crippen LogP contribution in [0.1, 0.15) is 36.8 Å². The van der Waals surface area contributed by atoms with E-state index in [0.717, 1.165) is 5.69 Å². The molecule has 16 heavy (non-hydrogen) atoms. The summed E-state index contributed by atoms with van der Waals surface area (Å²) in [5, 5.41) is 0.364. The van der Waals surface area contributed by atoms with Crippen molar-refractivity contribution in [3.8, 4) is 0 Å². The van der Waals surface area contributed by atoms with Crippen molar-refractivity contribution < 1.29 is 4.79 Å². The van der Waals surface area contributed by atoms with Gasteiger partial charge in [0, 0.05) is 23.8 Å². The van der Waals surface area contributed by atoms with Crippen LogP contribution in [0.15, 0.2) is 12.1 Å². The van der Waals surface area contributed by atoms with Gasteiger partial charge in [-0.3, -0.25) is 4.79 Å². The second-order valence-electron chi connectivity index (χ2n) is 4.00. The number of hydrogen-bond acceptors (Lipinski definition) is 2. The molecule has 0 N–H and O–H groups in total. The highest BCUT2D eigenvalue weighted by molar-refractivity contribution is 6.29. The highest BCUT2D eigenvalue weighted by Crippen LogP contribution is 2.14. The average molecular weight is 241 g/mol. The summed E-state index contributed by atoms with van der Waals surface area (Å²) < 4.78 is 0. The molecule has 4 heteroatoms. The molecule has 1 amide bonds. The van der Waals surface area contributed by atoms with Crippen LogP contribution >= 0.6 is 11.6 Å². The minimum Gasteiger partial charge on any atom is -0.336 e. The van der Waals surface area contributed by atoms with Gasteiger partial charge < -0.3 is 4.90 Å². The summed E-state index contributed by atoms with van der Waals surface area (Å²) >= 11 is 5.84. The van der Waals surface area contributed by atoms with Crippen molar-refractivity contribution >= 4 is 17.5 Å². The highest BCUT2D eigenvalue weighted by Gasteiger charge is 2.17. The molecule has 1 heterocycles. The van der Waals surface area contributed by atoms with Crippen LogP contribution in [0.4, 0.5) is 0 Å². The smallest absolute Gasteiger partial charge is 0.254 e. The van der Waals surface area contributed by atoms with Gasteiger partial charge in [-0.05, 0) is 39.8 Å². The molecule has 0 saturated carbocycles. The van der Waals surface area contributed by atoms with E-state index in [4.69, 9.17) is 11.6 Å². The molecule has 88 valence electrons. The van der Waals surface area contributed by atoms with Crippen LogP contribution in [0, 0.1) is 6.92 Å². The number of aromatic nitrogens is 1. The number of nitrogens with zero attached hydrogens (tertiary/aromatic N) is 2. The Balaban J connectivity index is 3.03. The Hall–Kier alpha value is -1.09. The van der Waals surface area contributed by atoms with Gasteiger partial charge in [0.1, 0.15) is 5.15 Å². The van der Waals surface area contributed by atoms with Gasteiger partial charge in [-0.2, -0.15) is 0 Å². The van der Waals surface area contributed by atoms with E-state index in [1.54, 1.807) is 17.0 Å². The molecular weight excluding hydrogens is 224 g/mol. The van der Waals surface area contributed by atoms with Gasteiger partial charge in [0.15, 0.2) is 0 Å². The van der Waals surface area contributed by atoms with Gasteiger partial charge >= 0.3 is 0 Å². The molecule has 0 fully saturated rings. The Morgan fingerprint density at radius 2 is 2.12 bits per heavy atom. The lowest BCUT2D eigenvalue weighted by Gasteiger charge is -2.25. The zero-order valence-electron chi connectivity index (χ0n) is 10.1. The average Bonchev–Trinajstić information content (AvgIpc) is 2.16. The molecule has 1 aromatic rings. The van der Waals surface area contributed by atoms with Crippen molar-refractivity contribution in [1.29, 1.82) is 0 Å². The Kier molecular flexibility index (Phi) is 4.30. The summed E-state index contributed by atoms with van der Waals surface area (Å²) in [6, 6.07) is 3.56. The van der Waals surface area contributed by atoms with E-state index in [9.17, 15) is 4.79 Å². The number of carbonyl (C=O) groups is 1. The maximum absolute atomic E-state index is 12.2. The van der Waals surface area contributed by atoms with E-state index in [0.29, 0.717) is 17.3 Å². The summed E-state index contributed by atoms with van der Waals surface area (Å²) in [5.74, 6) is 0.00454. The number of aryl methyl sites for hydroxylation is 1. The molecule has 0 aromatic carbocycles.